The zero-order chi connectivity index (χ0) is 16.3. The van der Waals surface area contributed by atoms with Gasteiger partial charge in [-0.2, -0.15) is 0 Å². The van der Waals surface area contributed by atoms with Gasteiger partial charge in [-0.3, -0.25) is 14.3 Å². The highest BCUT2D eigenvalue weighted by molar-refractivity contribution is 5.02. The van der Waals surface area contributed by atoms with E-state index in [0.717, 1.165) is 4.57 Å². The van der Waals surface area contributed by atoms with Gasteiger partial charge in [-0.05, 0) is 19.4 Å². The van der Waals surface area contributed by atoms with Crippen LogP contribution in [-0.2, 0) is 9.47 Å². The third-order valence-electron chi connectivity index (χ3n) is 3.96. The lowest BCUT2D eigenvalue weighted by Gasteiger charge is -2.30. The second kappa shape index (κ2) is 6.71. The number of hydrogen-bond donors (Lipinski definition) is 4. The number of nitrogens with zero attached hydrogens (tertiary/aromatic N) is 1. The molecule has 1 aromatic rings. The van der Waals surface area contributed by atoms with E-state index in [1.165, 1.54) is 19.4 Å². The second-order valence-corrected chi connectivity index (χ2v) is 5.29. The zero-order valence-electron chi connectivity index (χ0n) is 12.3. The van der Waals surface area contributed by atoms with Gasteiger partial charge in [0.05, 0.1) is 6.61 Å². The van der Waals surface area contributed by atoms with Crippen molar-refractivity contribution in [3.05, 3.63) is 33.1 Å². The van der Waals surface area contributed by atoms with Crippen molar-refractivity contribution >= 4 is 0 Å². The number of rotatable bonds is 6. The van der Waals surface area contributed by atoms with E-state index in [4.69, 9.17) is 15.2 Å². The molecule has 2 heterocycles. The molecule has 1 aromatic heterocycles. The third kappa shape index (κ3) is 2.85. The van der Waals surface area contributed by atoms with Crippen LogP contribution in [0.2, 0.25) is 0 Å². The Morgan fingerprint density at radius 2 is 2.27 bits per heavy atom. The highest BCUT2D eigenvalue weighted by Gasteiger charge is 2.55. The Labute approximate surface area is 126 Å². The summed E-state index contributed by atoms with van der Waals surface area (Å²) in [4.78, 5) is 25.2. The fourth-order valence-electron chi connectivity index (χ4n) is 2.74. The lowest BCUT2D eigenvalue weighted by molar-refractivity contribution is -0.133. The molecule has 0 aliphatic carbocycles. The molecule has 1 saturated heterocycles. The maximum absolute atomic E-state index is 11.9. The second-order valence-electron chi connectivity index (χ2n) is 5.29. The molecule has 1 fully saturated rings. The monoisotopic (exact) mass is 315 g/mol. The molecule has 5 N–H and O–H groups in total. The minimum atomic E-state index is -1.26. The van der Waals surface area contributed by atoms with Crippen molar-refractivity contribution in [2.24, 2.45) is 5.73 Å². The molecule has 0 radical (unpaired) electrons. The van der Waals surface area contributed by atoms with E-state index in [0.29, 0.717) is 19.4 Å². The molecule has 124 valence electrons. The van der Waals surface area contributed by atoms with Gasteiger partial charge in [0, 0.05) is 19.4 Å². The van der Waals surface area contributed by atoms with Gasteiger partial charge in [-0.1, -0.05) is 0 Å². The van der Waals surface area contributed by atoms with Gasteiger partial charge < -0.3 is 25.4 Å². The summed E-state index contributed by atoms with van der Waals surface area (Å²) in [7, 11) is 1.37. The van der Waals surface area contributed by atoms with Crippen LogP contribution in [0, 0.1) is 0 Å². The number of nitrogens with one attached hydrogen (secondary N) is 1. The number of aliphatic hydroxyl groups is 2. The van der Waals surface area contributed by atoms with Gasteiger partial charge in [-0.15, -0.1) is 0 Å². The van der Waals surface area contributed by atoms with Crippen molar-refractivity contribution in [3.63, 3.8) is 0 Å². The first-order valence-corrected chi connectivity index (χ1v) is 7.00. The minimum Gasteiger partial charge on any atom is -0.393 e. The van der Waals surface area contributed by atoms with Crippen LogP contribution >= 0.6 is 0 Å². The summed E-state index contributed by atoms with van der Waals surface area (Å²) in [6.45, 7) is -0.0681. The van der Waals surface area contributed by atoms with Crippen LogP contribution in [-0.4, -0.2) is 57.8 Å². The summed E-state index contributed by atoms with van der Waals surface area (Å²) in [5.74, 6) is 0. The van der Waals surface area contributed by atoms with Crippen molar-refractivity contribution in [1.29, 1.82) is 0 Å². The Morgan fingerprint density at radius 1 is 1.55 bits per heavy atom. The number of aliphatic hydroxyl groups excluding tert-OH is 2. The average molecular weight is 315 g/mol. The van der Waals surface area contributed by atoms with E-state index >= 15 is 0 Å². The topological polar surface area (TPSA) is 140 Å². The normalized spacial score (nSPS) is 31.5. The molecule has 0 saturated carbocycles. The third-order valence-corrected chi connectivity index (χ3v) is 3.96. The average Bonchev–Trinajstić information content (AvgIpc) is 2.78. The van der Waals surface area contributed by atoms with Crippen molar-refractivity contribution in [1.82, 2.24) is 9.55 Å². The van der Waals surface area contributed by atoms with Crippen molar-refractivity contribution in [2.75, 3.05) is 20.3 Å². The molecule has 1 aliphatic heterocycles. The van der Waals surface area contributed by atoms with E-state index in [-0.39, 0.29) is 0 Å². The first kappa shape index (κ1) is 16.8. The fraction of sp³-hybridized carbons (Fsp3) is 0.692. The largest absolute Gasteiger partial charge is 0.393 e. The first-order chi connectivity index (χ1) is 10.5. The summed E-state index contributed by atoms with van der Waals surface area (Å²) in [5, 5.41) is 20.1. The summed E-state index contributed by atoms with van der Waals surface area (Å²) in [6, 6.07) is 1.17. The molecule has 22 heavy (non-hydrogen) atoms. The predicted octanol–water partition coefficient (Wildman–Crippen LogP) is -2.09. The molecule has 9 heteroatoms. The molecule has 0 aromatic carbocycles. The van der Waals surface area contributed by atoms with E-state index in [2.05, 4.69) is 4.98 Å². The molecule has 0 spiro atoms. The number of hydrogen-bond acceptors (Lipinski definition) is 7. The molecule has 0 amide bonds. The predicted molar refractivity (Wildman–Crippen MR) is 76.4 cm³/mol. The molecular weight excluding hydrogens is 294 g/mol. The highest BCUT2D eigenvalue weighted by atomic mass is 16.6. The Hall–Kier alpha value is -1.52. The van der Waals surface area contributed by atoms with E-state index < -0.39 is 41.9 Å². The van der Waals surface area contributed by atoms with E-state index in [1.54, 1.807) is 0 Å². The minimum absolute atomic E-state index is 0.315. The molecule has 9 nitrogen and oxygen atoms in total. The van der Waals surface area contributed by atoms with Crippen LogP contribution in [0.4, 0.5) is 0 Å². The molecule has 2 rings (SSSR count). The number of ether oxygens (including phenoxy) is 2. The number of methoxy groups -OCH3 is 1. The van der Waals surface area contributed by atoms with Crippen molar-refractivity contribution < 1.29 is 19.7 Å². The van der Waals surface area contributed by atoms with Gasteiger partial charge in [-0.25, -0.2) is 4.79 Å². The first-order valence-electron chi connectivity index (χ1n) is 7.00. The summed E-state index contributed by atoms with van der Waals surface area (Å²) >= 11 is 0. The lowest BCUT2D eigenvalue weighted by Crippen LogP contribution is -2.47. The smallest absolute Gasteiger partial charge is 0.330 e. The fourth-order valence-corrected chi connectivity index (χ4v) is 2.74. The molecule has 1 aliphatic rings. The number of H-pyrrole nitrogens is 1. The zero-order valence-corrected chi connectivity index (χ0v) is 12.3. The maximum Gasteiger partial charge on any atom is 0.330 e. The summed E-state index contributed by atoms with van der Waals surface area (Å²) in [6.07, 6.45) is -0.863. The van der Waals surface area contributed by atoms with E-state index in [9.17, 15) is 19.8 Å². The highest BCUT2D eigenvalue weighted by Crippen LogP contribution is 2.40. The maximum atomic E-state index is 11.9. The lowest BCUT2D eigenvalue weighted by atomic mass is 9.91. The van der Waals surface area contributed by atoms with Crippen molar-refractivity contribution in [2.45, 2.75) is 36.9 Å². The van der Waals surface area contributed by atoms with Crippen molar-refractivity contribution in [3.8, 4) is 0 Å². The Kier molecular flexibility index (Phi) is 5.14. The van der Waals surface area contributed by atoms with Crippen LogP contribution < -0.4 is 17.0 Å². The molecule has 4 atom stereocenters. The molecule has 0 unspecified atom stereocenters. The van der Waals surface area contributed by atoms with Crippen LogP contribution in [0.5, 0.6) is 0 Å². The number of nitrogens with two attached hydrogens (primary N) is 1. The number of aromatic amines is 1. The summed E-state index contributed by atoms with van der Waals surface area (Å²) < 4.78 is 12.2. The van der Waals surface area contributed by atoms with Crippen LogP contribution in [0.3, 0.4) is 0 Å². The van der Waals surface area contributed by atoms with Gasteiger partial charge >= 0.3 is 5.69 Å². The van der Waals surface area contributed by atoms with Gasteiger partial charge in [0.25, 0.3) is 5.56 Å². The van der Waals surface area contributed by atoms with Crippen LogP contribution in [0.25, 0.3) is 0 Å². The summed E-state index contributed by atoms with van der Waals surface area (Å²) in [5.41, 5.74) is 2.99. The Balaban J connectivity index is 2.39. The van der Waals surface area contributed by atoms with E-state index in [1.807, 2.05) is 0 Å². The Morgan fingerprint density at radius 3 is 2.82 bits per heavy atom. The van der Waals surface area contributed by atoms with Gasteiger partial charge in [0.2, 0.25) is 0 Å². The Bertz CT molecular complexity index is 614. The quantitative estimate of drug-likeness (QED) is 0.472. The van der Waals surface area contributed by atoms with Crippen LogP contribution in [0.15, 0.2) is 21.9 Å². The number of aromatic nitrogens is 2. The molecular formula is C13H21N3O6. The van der Waals surface area contributed by atoms with Gasteiger partial charge in [0.15, 0.2) is 6.23 Å². The molecule has 0 bridgehead atoms. The van der Waals surface area contributed by atoms with Gasteiger partial charge in [0.1, 0.15) is 17.8 Å². The van der Waals surface area contributed by atoms with Crippen LogP contribution in [0.1, 0.15) is 19.1 Å². The SMILES string of the molecule is CO[C@H]1[C@H](n2ccc(=O)[nH]c2=O)O[C@@](CO)(CCCN)[C@H]1O. The standard InChI is InChI=1S/C13H21N3O6/c1-21-9-10(19)13(7-17,4-2-5-14)22-11(9)16-6-3-8(18)15-12(16)20/h3,6,9-11,17,19H,2,4-5,7,14H2,1H3,(H,15,18,20)/t9-,10+,11-,13-/m1/s1.